The Morgan fingerprint density at radius 2 is 1.63 bits per heavy atom. The Balaban J connectivity index is 2.54. The number of amides is 1. The second kappa shape index (κ2) is 4.13. The lowest BCUT2D eigenvalue weighted by Crippen LogP contribution is -2.63. The van der Waals surface area contributed by atoms with E-state index in [0.29, 0.717) is 6.04 Å². The first-order valence-electron chi connectivity index (χ1n) is 7.53. The van der Waals surface area contributed by atoms with Crippen LogP contribution in [0.5, 0.6) is 0 Å². The first kappa shape index (κ1) is 14.7. The van der Waals surface area contributed by atoms with Gasteiger partial charge in [-0.05, 0) is 26.2 Å². The summed E-state index contributed by atoms with van der Waals surface area (Å²) in [4.78, 5) is 14.4. The van der Waals surface area contributed by atoms with E-state index in [1.807, 2.05) is 4.90 Å². The molecule has 0 unspecified atom stereocenters. The molecule has 2 atom stereocenters. The minimum atomic E-state index is -0.411. The SMILES string of the molecule is C[C@H]1CCC[C@@H]2N1C(=O)OC2(C(C)(C)C)C(C)(C)C. The topological polar surface area (TPSA) is 29.5 Å². The molecule has 2 aliphatic rings. The van der Waals surface area contributed by atoms with E-state index in [-0.39, 0.29) is 23.0 Å². The summed E-state index contributed by atoms with van der Waals surface area (Å²) in [7, 11) is 0. The summed E-state index contributed by atoms with van der Waals surface area (Å²) in [5, 5.41) is 0. The van der Waals surface area contributed by atoms with E-state index in [0.717, 1.165) is 12.8 Å². The van der Waals surface area contributed by atoms with Gasteiger partial charge in [0.25, 0.3) is 0 Å². The van der Waals surface area contributed by atoms with E-state index in [2.05, 4.69) is 48.5 Å². The molecular formula is C16H29NO2. The van der Waals surface area contributed by atoms with Crippen LogP contribution in [-0.4, -0.2) is 28.7 Å². The van der Waals surface area contributed by atoms with Crippen LogP contribution in [-0.2, 0) is 4.74 Å². The number of carbonyl (C=O) groups is 1. The third kappa shape index (κ3) is 1.88. The van der Waals surface area contributed by atoms with Crippen molar-refractivity contribution in [3.05, 3.63) is 0 Å². The maximum atomic E-state index is 12.4. The summed E-state index contributed by atoms with van der Waals surface area (Å²) in [5.41, 5.74) is -0.555. The highest BCUT2D eigenvalue weighted by atomic mass is 16.6. The van der Waals surface area contributed by atoms with Gasteiger partial charge in [0.2, 0.25) is 0 Å². The molecule has 2 heterocycles. The molecule has 0 N–H and O–H groups in total. The van der Waals surface area contributed by atoms with E-state index in [4.69, 9.17) is 4.74 Å². The minimum Gasteiger partial charge on any atom is -0.439 e. The third-order valence-corrected chi connectivity index (χ3v) is 5.07. The van der Waals surface area contributed by atoms with Crippen molar-refractivity contribution in [2.24, 2.45) is 10.8 Å². The number of ether oxygens (including phenoxy) is 1. The molecule has 0 bridgehead atoms. The van der Waals surface area contributed by atoms with Crippen molar-refractivity contribution in [2.45, 2.75) is 85.4 Å². The summed E-state index contributed by atoms with van der Waals surface area (Å²) >= 11 is 0. The van der Waals surface area contributed by atoms with E-state index < -0.39 is 5.60 Å². The Hall–Kier alpha value is -0.730. The van der Waals surface area contributed by atoms with Gasteiger partial charge in [-0.15, -0.1) is 0 Å². The standard InChI is InChI=1S/C16H29NO2/c1-11-9-8-10-12-16(14(2,3)4,15(5,6)7)19-13(18)17(11)12/h11-12H,8-10H2,1-7H3/t11-,12-/m0/s1. The van der Waals surface area contributed by atoms with Gasteiger partial charge in [-0.25, -0.2) is 4.79 Å². The van der Waals surface area contributed by atoms with Crippen molar-refractivity contribution >= 4 is 6.09 Å². The molecule has 0 aromatic carbocycles. The lowest BCUT2D eigenvalue weighted by atomic mass is 9.58. The van der Waals surface area contributed by atoms with Gasteiger partial charge in [0.05, 0.1) is 6.04 Å². The number of rotatable bonds is 0. The average Bonchev–Trinajstić information content (AvgIpc) is 2.52. The minimum absolute atomic E-state index is 0.0720. The summed E-state index contributed by atoms with van der Waals surface area (Å²) in [6, 6.07) is 0.515. The molecule has 110 valence electrons. The summed E-state index contributed by atoms with van der Waals surface area (Å²) in [6.07, 6.45) is 3.23. The first-order chi connectivity index (χ1) is 8.52. The second-order valence-corrected chi connectivity index (χ2v) is 8.31. The maximum Gasteiger partial charge on any atom is 0.411 e. The molecule has 0 aromatic rings. The fraction of sp³-hybridized carbons (Fsp3) is 0.938. The van der Waals surface area contributed by atoms with Gasteiger partial charge in [-0.1, -0.05) is 41.5 Å². The molecule has 3 heteroatoms. The highest BCUT2D eigenvalue weighted by Gasteiger charge is 2.66. The lowest BCUT2D eigenvalue weighted by molar-refractivity contribution is -0.137. The number of hydrogen-bond donors (Lipinski definition) is 0. The van der Waals surface area contributed by atoms with Crippen LogP contribution in [0, 0.1) is 10.8 Å². The van der Waals surface area contributed by atoms with Crippen LogP contribution >= 0.6 is 0 Å². The summed E-state index contributed by atoms with van der Waals surface area (Å²) < 4.78 is 6.08. The van der Waals surface area contributed by atoms with Gasteiger partial charge in [0, 0.05) is 16.9 Å². The number of fused-ring (bicyclic) bond motifs is 1. The number of hydrogen-bond acceptors (Lipinski definition) is 2. The fourth-order valence-corrected chi connectivity index (χ4v) is 4.59. The van der Waals surface area contributed by atoms with Crippen molar-refractivity contribution < 1.29 is 9.53 Å². The van der Waals surface area contributed by atoms with E-state index >= 15 is 0 Å². The predicted octanol–water partition coefficient (Wildman–Crippen LogP) is 4.21. The van der Waals surface area contributed by atoms with Crippen LogP contribution in [0.25, 0.3) is 0 Å². The average molecular weight is 267 g/mol. The molecule has 0 aromatic heterocycles. The van der Waals surface area contributed by atoms with Crippen molar-refractivity contribution in [1.29, 1.82) is 0 Å². The number of piperidine rings is 1. The van der Waals surface area contributed by atoms with E-state index in [1.54, 1.807) is 0 Å². The molecule has 19 heavy (non-hydrogen) atoms. The molecule has 0 spiro atoms. The molecular weight excluding hydrogens is 238 g/mol. The Kier molecular flexibility index (Phi) is 3.19. The molecule has 0 saturated carbocycles. The highest BCUT2D eigenvalue weighted by molar-refractivity contribution is 5.72. The van der Waals surface area contributed by atoms with Gasteiger partial charge in [0.15, 0.2) is 0 Å². The first-order valence-corrected chi connectivity index (χ1v) is 7.53. The Morgan fingerprint density at radius 3 is 2.11 bits per heavy atom. The van der Waals surface area contributed by atoms with Crippen LogP contribution in [0.15, 0.2) is 0 Å². The van der Waals surface area contributed by atoms with Crippen molar-refractivity contribution in [1.82, 2.24) is 4.90 Å². The molecule has 1 amide bonds. The predicted molar refractivity (Wildman–Crippen MR) is 77.1 cm³/mol. The lowest BCUT2D eigenvalue weighted by Gasteiger charge is -2.53. The molecule has 2 saturated heterocycles. The largest absolute Gasteiger partial charge is 0.439 e. The molecule has 2 fully saturated rings. The summed E-state index contributed by atoms with van der Waals surface area (Å²) in [6.45, 7) is 15.4. The zero-order valence-corrected chi connectivity index (χ0v) is 13.5. The maximum absolute atomic E-state index is 12.4. The molecule has 2 rings (SSSR count). The molecule has 0 aliphatic carbocycles. The Labute approximate surface area is 117 Å². The van der Waals surface area contributed by atoms with Crippen molar-refractivity contribution in [3.63, 3.8) is 0 Å². The quantitative estimate of drug-likeness (QED) is 0.658. The van der Waals surface area contributed by atoms with E-state index in [9.17, 15) is 4.79 Å². The fourth-order valence-electron chi connectivity index (χ4n) is 4.59. The normalized spacial score (nSPS) is 31.1. The van der Waals surface area contributed by atoms with Gasteiger partial charge in [0.1, 0.15) is 5.60 Å². The zero-order chi connectivity index (χ0) is 14.6. The van der Waals surface area contributed by atoms with Crippen LogP contribution < -0.4 is 0 Å². The van der Waals surface area contributed by atoms with Gasteiger partial charge < -0.3 is 4.74 Å². The van der Waals surface area contributed by atoms with Gasteiger partial charge in [-0.3, -0.25) is 4.90 Å². The molecule has 3 nitrogen and oxygen atoms in total. The number of carbonyl (C=O) groups excluding carboxylic acids is 1. The number of nitrogens with zero attached hydrogens (tertiary/aromatic N) is 1. The third-order valence-electron chi connectivity index (χ3n) is 5.07. The molecule has 0 radical (unpaired) electrons. The zero-order valence-electron chi connectivity index (χ0n) is 13.5. The van der Waals surface area contributed by atoms with Crippen molar-refractivity contribution in [2.75, 3.05) is 0 Å². The van der Waals surface area contributed by atoms with E-state index in [1.165, 1.54) is 6.42 Å². The second-order valence-electron chi connectivity index (χ2n) is 8.31. The van der Waals surface area contributed by atoms with Crippen LogP contribution in [0.3, 0.4) is 0 Å². The van der Waals surface area contributed by atoms with Crippen LogP contribution in [0.2, 0.25) is 0 Å². The van der Waals surface area contributed by atoms with Crippen LogP contribution in [0.4, 0.5) is 4.79 Å². The molecule has 2 aliphatic heterocycles. The summed E-state index contributed by atoms with van der Waals surface area (Å²) in [5.74, 6) is 0. The Morgan fingerprint density at radius 1 is 1.11 bits per heavy atom. The van der Waals surface area contributed by atoms with Gasteiger partial charge >= 0.3 is 6.09 Å². The smallest absolute Gasteiger partial charge is 0.411 e. The van der Waals surface area contributed by atoms with Crippen LogP contribution in [0.1, 0.15) is 67.7 Å². The van der Waals surface area contributed by atoms with Crippen molar-refractivity contribution in [3.8, 4) is 0 Å². The van der Waals surface area contributed by atoms with Gasteiger partial charge in [-0.2, -0.15) is 0 Å². The monoisotopic (exact) mass is 267 g/mol. The Bertz CT molecular complexity index is 361. The highest BCUT2D eigenvalue weighted by Crippen LogP contribution is 2.56. The number of cyclic esters (lactones) is 1.